The lowest BCUT2D eigenvalue weighted by Crippen LogP contribution is -2.29. The zero-order valence-corrected chi connectivity index (χ0v) is 17.8. The summed E-state index contributed by atoms with van der Waals surface area (Å²) in [5.74, 6) is -1.35. The van der Waals surface area contributed by atoms with Gasteiger partial charge >= 0.3 is 11.9 Å². The number of esters is 1. The number of carbonyl (C=O) groups is 2. The molecule has 6 nitrogen and oxygen atoms in total. The van der Waals surface area contributed by atoms with Crippen molar-refractivity contribution in [2.24, 2.45) is 0 Å². The van der Waals surface area contributed by atoms with Crippen LogP contribution in [0.15, 0.2) is 37.1 Å². The molecule has 0 amide bonds. The summed E-state index contributed by atoms with van der Waals surface area (Å²) in [5, 5.41) is 7.89. The van der Waals surface area contributed by atoms with E-state index in [1.54, 1.807) is 13.8 Å². The molecule has 0 aromatic rings. The van der Waals surface area contributed by atoms with Crippen LogP contribution >= 0.6 is 0 Å². The van der Waals surface area contributed by atoms with Crippen LogP contribution in [0.3, 0.4) is 0 Å². The van der Waals surface area contributed by atoms with Crippen LogP contribution in [0.5, 0.6) is 0 Å². The molecule has 0 bridgehead atoms. The van der Waals surface area contributed by atoms with Gasteiger partial charge in [-0.2, -0.15) is 0 Å². The second-order valence-electron chi connectivity index (χ2n) is 7.47. The molecular weight excluding hydrogens is 336 g/mol. The topological polar surface area (TPSA) is 82.1 Å². The predicted octanol–water partition coefficient (Wildman–Crippen LogP) is 4.86. The number of carbonyl (C=O) groups excluding carboxylic acids is 1. The average Bonchev–Trinajstić information content (AvgIpc) is 2.35. The van der Waals surface area contributed by atoms with Gasteiger partial charge in [-0.3, -0.25) is 0 Å². The molecule has 0 aliphatic rings. The smallest absolute Gasteiger partial charge is 0.335 e. The molecule has 1 unspecified atom stereocenters. The zero-order valence-electron chi connectivity index (χ0n) is 17.8. The first-order valence-electron chi connectivity index (χ1n) is 8.14. The molecule has 6 heteroatoms. The second kappa shape index (κ2) is 13.2. The minimum absolute atomic E-state index is 0.0677. The summed E-state index contributed by atoms with van der Waals surface area (Å²) in [5.41, 5.74) is 0.177. The largest absolute Gasteiger partial charge is 0.496 e. The van der Waals surface area contributed by atoms with Gasteiger partial charge in [-0.25, -0.2) is 9.59 Å². The lowest BCUT2D eigenvalue weighted by Gasteiger charge is -2.24. The van der Waals surface area contributed by atoms with Gasteiger partial charge in [0.25, 0.3) is 0 Å². The third kappa shape index (κ3) is 26.8. The van der Waals surface area contributed by atoms with E-state index in [0.29, 0.717) is 5.57 Å². The molecule has 0 radical (unpaired) electrons. The fraction of sp³-hybridized carbons (Fsp3) is 0.600. The van der Waals surface area contributed by atoms with Crippen LogP contribution in [0.25, 0.3) is 0 Å². The third-order valence-electron chi connectivity index (χ3n) is 1.94. The Hall–Kier alpha value is -2.08. The maximum atomic E-state index is 11.0. The van der Waals surface area contributed by atoms with E-state index in [2.05, 4.69) is 19.7 Å². The Kier molecular flexibility index (Phi) is 14.5. The van der Waals surface area contributed by atoms with Crippen LogP contribution in [-0.4, -0.2) is 34.5 Å². The molecule has 0 heterocycles. The molecule has 0 aliphatic carbocycles. The predicted molar refractivity (Wildman–Crippen MR) is 105 cm³/mol. The number of rotatable bonds is 5. The molecule has 0 saturated carbocycles. The van der Waals surface area contributed by atoms with E-state index in [-0.39, 0.29) is 16.8 Å². The Morgan fingerprint density at radius 2 is 1.35 bits per heavy atom. The molecule has 1 N–H and O–H groups in total. The minimum Gasteiger partial charge on any atom is -0.496 e. The molecule has 0 rings (SSSR count). The lowest BCUT2D eigenvalue weighted by atomic mass is 10.2. The Morgan fingerprint density at radius 3 is 1.50 bits per heavy atom. The number of aliphatic carboxylic acids is 1. The summed E-state index contributed by atoms with van der Waals surface area (Å²) in [4.78, 5) is 20.6. The second-order valence-corrected chi connectivity index (χ2v) is 7.47. The van der Waals surface area contributed by atoms with Crippen molar-refractivity contribution in [1.29, 1.82) is 0 Å². The summed E-state index contributed by atoms with van der Waals surface area (Å²) >= 11 is 0. The number of ether oxygens (including phenoxy) is 3. The standard InChI is InChI=1S/C10H18O3.C6H12O.C4H6O2/c1-7(2)9(11)12-8(3)13-10(4,5)6;1-5-7-6(2,3)4;1-3(2)4(5)6/h8H,1H2,2-6H3;5H,1H2,2-4H3;1H2,2H3,(H,5,6). The highest BCUT2D eigenvalue weighted by Gasteiger charge is 2.18. The monoisotopic (exact) mass is 372 g/mol. The highest BCUT2D eigenvalue weighted by atomic mass is 16.7. The normalized spacial score (nSPS) is 11.4. The van der Waals surface area contributed by atoms with Gasteiger partial charge in [-0.05, 0) is 62.3 Å². The molecule has 152 valence electrons. The Bertz CT molecular complexity index is 466. The third-order valence-corrected chi connectivity index (χ3v) is 1.94. The molecule has 0 aromatic heterocycles. The van der Waals surface area contributed by atoms with Crippen LogP contribution in [0.1, 0.15) is 62.3 Å². The highest BCUT2D eigenvalue weighted by molar-refractivity contribution is 5.87. The first-order valence-corrected chi connectivity index (χ1v) is 8.14. The van der Waals surface area contributed by atoms with Crippen LogP contribution in [0.4, 0.5) is 0 Å². The number of carboxylic acid groups (broad SMARTS) is 1. The van der Waals surface area contributed by atoms with Gasteiger partial charge in [0.15, 0.2) is 0 Å². The van der Waals surface area contributed by atoms with Gasteiger partial charge in [0.2, 0.25) is 6.29 Å². The van der Waals surface area contributed by atoms with E-state index in [9.17, 15) is 9.59 Å². The van der Waals surface area contributed by atoms with E-state index >= 15 is 0 Å². The molecule has 0 aliphatic heterocycles. The summed E-state index contributed by atoms with van der Waals surface area (Å²) in [6, 6.07) is 0. The molecular formula is C20H36O6. The summed E-state index contributed by atoms with van der Waals surface area (Å²) in [6.45, 7) is 26.4. The number of carboxylic acids is 1. The first-order chi connectivity index (χ1) is 11.4. The Morgan fingerprint density at radius 1 is 0.962 bits per heavy atom. The van der Waals surface area contributed by atoms with Crippen molar-refractivity contribution in [2.45, 2.75) is 79.8 Å². The van der Waals surface area contributed by atoms with Crippen molar-refractivity contribution in [3.63, 3.8) is 0 Å². The maximum absolute atomic E-state index is 11.0. The molecule has 0 spiro atoms. The van der Waals surface area contributed by atoms with Gasteiger partial charge in [-0.15, -0.1) is 0 Å². The van der Waals surface area contributed by atoms with Crippen LogP contribution < -0.4 is 0 Å². The maximum Gasteiger partial charge on any atom is 0.335 e. The quantitative estimate of drug-likeness (QED) is 0.321. The van der Waals surface area contributed by atoms with Crippen LogP contribution in [-0.2, 0) is 23.8 Å². The van der Waals surface area contributed by atoms with Gasteiger partial charge in [0.05, 0.1) is 17.5 Å². The van der Waals surface area contributed by atoms with Gasteiger partial charge in [0.1, 0.15) is 0 Å². The minimum atomic E-state index is -0.935. The molecule has 26 heavy (non-hydrogen) atoms. The lowest BCUT2D eigenvalue weighted by molar-refractivity contribution is -0.193. The van der Waals surface area contributed by atoms with Gasteiger partial charge < -0.3 is 19.3 Å². The SMILES string of the molecule is C=C(C)C(=O)O.C=C(C)C(=O)OC(C)OC(C)(C)C.C=COC(C)(C)C. The van der Waals surface area contributed by atoms with Crippen LogP contribution in [0.2, 0.25) is 0 Å². The van der Waals surface area contributed by atoms with Crippen molar-refractivity contribution >= 4 is 11.9 Å². The first kappa shape index (κ1) is 28.7. The fourth-order valence-corrected chi connectivity index (χ4v) is 1.02. The van der Waals surface area contributed by atoms with Crippen molar-refractivity contribution < 1.29 is 28.9 Å². The molecule has 0 saturated heterocycles. The Labute approximate surface area is 158 Å². The summed E-state index contributed by atoms with van der Waals surface area (Å²) < 4.78 is 15.3. The van der Waals surface area contributed by atoms with Crippen molar-refractivity contribution in [2.75, 3.05) is 0 Å². The van der Waals surface area contributed by atoms with E-state index in [1.807, 2.05) is 41.5 Å². The average molecular weight is 373 g/mol. The molecule has 0 aromatic carbocycles. The van der Waals surface area contributed by atoms with Crippen molar-refractivity contribution in [1.82, 2.24) is 0 Å². The van der Waals surface area contributed by atoms with Crippen molar-refractivity contribution in [3.05, 3.63) is 37.1 Å². The summed E-state index contributed by atoms with van der Waals surface area (Å²) in [6.07, 6.45) is 0.921. The van der Waals surface area contributed by atoms with Gasteiger partial charge in [0, 0.05) is 11.1 Å². The highest BCUT2D eigenvalue weighted by Crippen LogP contribution is 2.12. The molecule has 0 fully saturated rings. The summed E-state index contributed by atoms with van der Waals surface area (Å²) in [7, 11) is 0. The molecule has 1 atom stereocenters. The van der Waals surface area contributed by atoms with Gasteiger partial charge in [-0.1, -0.05) is 19.7 Å². The zero-order chi connectivity index (χ0) is 21.7. The van der Waals surface area contributed by atoms with E-state index in [1.165, 1.54) is 13.2 Å². The van der Waals surface area contributed by atoms with E-state index < -0.39 is 18.2 Å². The van der Waals surface area contributed by atoms with E-state index in [4.69, 9.17) is 19.3 Å². The Balaban J connectivity index is -0.000000342. The number of hydrogen-bond acceptors (Lipinski definition) is 5. The van der Waals surface area contributed by atoms with E-state index in [0.717, 1.165) is 0 Å². The number of hydrogen-bond donors (Lipinski definition) is 1. The fourth-order valence-electron chi connectivity index (χ4n) is 1.02. The van der Waals surface area contributed by atoms with Crippen LogP contribution in [0, 0.1) is 0 Å². The van der Waals surface area contributed by atoms with Crippen molar-refractivity contribution in [3.8, 4) is 0 Å².